The molecule has 0 aliphatic carbocycles. The standard InChI is InChI=1S/C19H38N8O4/c1-14(2)15-9-26(12-18(22)30)6-5-24(10-16(20)28)3-4-25(11-17(21)29)7-8-27(15)13-19(23)31/h14-15H,3-13H2,1-2H3,(H2,20,28)(H2,21,29)(H2,22,30)(H2,23,31). The van der Waals surface area contributed by atoms with Gasteiger partial charge in [0.2, 0.25) is 23.6 Å². The molecule has 1 fully saturated rings. The number of amides is 4. The molecule has 0 saturated carbocycles. The van der Waals surface area contributed by atoms with Gasteiger partial charge in [-0.2, -0.15) is 0 Å². The van der Waals surface area contributed by atoms with Crippen LogP contribution in [0.25, 0.3) is 0 Å². The number of nitrogens with two attached hydrogens (primary N) is 4. The van der Waals surface area contributed by atoms with Gasteiger partial charge in [0.25, 0.3) is 0 Å². The summed E-state index contributed by atoms with van der Waals surface area (Å²) >= 11 is 0. The number of hydrogen-bond donors (Lipinski definition) is 4. The number of primary amides is 4. The van der Waals surface area contributed by atoms with E-state index in [2.05, 4.69) is 0 Å². The molecule has 1 heterocycles. The second-order valence-corrected chi connectivity index (χ2v) is 8.43. The maximum absolute atomic E-state index is 11.7. The first-order valence-electron chi connectivity index (χ1n) is 10.5. The molecule has 0 aromatic heterocycles. The molecule has 12 heteroatoms. The number of rotatable bonds is 9. The summed E-state index contributed by atoms with van der Waals surface area (Å²) in [5.74, 6) is -1.66. The van der Waals surface area contributed by atoms with Crippen molar-refractivity contribution in [2.45, 2.75) is 19.9 Å². The minimum Gasteiger partial charge on any atom is -0.369 e. The molecule has 1 saturated heterocycles. The van der Waals surface area contributed by atoms with Crippen LogP contribution in [0.2, 0.25) is 0 Å². The van der Waals surface area contributed by atoms with Gasteiger partial charge in [0, 0.05) is 51.9 Å². The predicted molar refractivity (Wildman–Crippen MR) is 116 cm³/mol. The lowest BCUT2D eigenvalue weighted by Crippen LogP contribution is -2.55. The minimum absolute atomic E-state index is 0.0610. The zero-order valence-corrected chi connectivity index (χ0v) is 18.7. The van der Waals surface area contributed by atoms with Crippen LogP contribution in [0.1, 0.15) is 13.8 Å². The van der Waals surface area contributed by atoms with E-state index in [4.69, 9.17) is 22.9 Å². The number of nitrogens with zero attached hydrogens (tertiary/aromatic N) is 4. The maximum Gasteiger partial charge on any atom is 0.231 e. The SMILES string of the molecule is CC(C)C1CN(CC(N)=O)CCN(CC(N)=O)CCN(CC(N)=O)CCN1CC(N)=O. The fourth-order valence-corrected chi connectivity index (χ4v) is 3.85. The molecule has 0 bridgehead atoms. The monoisotopic (exact) mass is 442 g/mol. The lowest BCUT2D eigenvalue weighted by Gasteiger charge is -2.39. The van der Waals surface area contributed by atoms with Crippen molar-refractivity contribution in [2.24, 2.45) is 28.9 Å². The van der Waals surface area contributed by atoms with Crippen molar-refractivity contribution in [2.75, 3.05) is 72.0 Å². The molecular weight excluding hydrogens is 404 g/mol. The molecule has 1 atom stereocenters. The normalized spacial score (nSPS) is 21.3. The van der Waals surface area contributed by atoms with Crippen LogP contribution in [0.4, 0.5) is 0 Å². The van der Waals surface area contributed by atoms with Crippen molar-refractivity contribution in [3.8, 4) is 0 Å². The van der Waals surface area contributed by atoms with Crippen LogP contribution in [-0.2, 0) is 19.2 Å². The average molecular weight is 443 g/mol. The van der Waals surface area contributed by atoms with E-state index in [1.54, 1.807) is 0 Å². The first kappa shape index (κ1) is 26.8. The van der Waals surface area contributed by atoms with Crippen molar-refractivity contribution in [3.05, 3.63) is 0 Å². The Hall–Kier alpha value is -2.28. The highest BCUT2D eigenvalue weighted by atomic mass is 16.2. The summed E-state index contributed by atoms with van der Waals surface area (Å²) in [6, 6.07) is -0.0775. The first-order chi connectivity index (χ1) is 14.5. The second-order valence-electron chi connectivity index (χ2n) is 8.43. The Balaban J connectivity index is 3.17. The minimum atomic E-state index is -0.456. The molecule has 178 valence electrons. The van der Waals surface area contributed by atoms with Crippen LogP contribution in [0.15, 0.2) is 0 Å². The maximum atomic E-state index is 11.7. The van der Waals surface area contributed by atoms with Crippen LogP contribution >= 0.6 is 0 Å². The molecule has 1 aliphatic rings. The quantitative estimate of drug-likeness (QED) is 0.280. The van der Waals surface area contributed by atoms with Gasteiger partial charge in [-0.1, -0.05) is 13.8 Å². The summed E-state index contributed by atoms with van der Waals surface area (Å²) in [5, 5.41) is 0. The summed E-state index contributed by atoms with van der Waals surface area (Å²) in [6.07, 6.45) is 0. The molecule has 0 spiro atoms. The van der Waals surface area contributed by atoms with Gasteiger partial charge in [-0.15, -0.1) is 0 Å². The molecule has 0 radical (unpaired) electrons. The molecule has 0 aromatic carbocycles. The molecule has 0 aromatic rings. The van der Waals surface area contributed by atoms with Gasteiger partial charge in [-0.05, 0) is 5.92 Å². The van der Waals surface area contributed by atoms with Gasteiger partial charge < -0.3 is 22.9 Å². The molecule has 1 unspecified atom stereocenters. The van der Waals surface area contributed by atoms with Crippen LogP contribution in [-0.4, -0.2) is 121 Å². The van der Waals surface area contributed by atoms with Gasteiger partial charge in [-0.25, -0.2) is 0 Å². The molecule has 12 nitrogen and oxygen atoms in total. The third kappa shape index (κ3) is 11.1. The summed E-state index contributed by atoms with van der Waals surface area (Å²) in [6.45, 7) is 7.74. The first-order valence-corrected chi connectivity index (χ1v) is 10.5. The zero-order valence-electron chi connectivity index (χ0n) is 18.7. The summed E-state index contributed by atoms with van der Waals surface area (Å²) in [7, 11) is 0. The van der Waals surface area contributed by atoms with E-state index in [-0.39, 0.29) is 38.1 Å². The Morgan fingerprint density at radius 3 is 1.39 bits per heavy atom. The fourth-order valence-electron chi connectivity index (χ4n) is 3.85. The van der Waals surface area contributed by atoms with Gasteiger partial charge in [-0.3, -0.25) is 38.8 Å². The van der Waals surface area contributed by atoms with Crippen molar-refractivity contribution in [1.82, 2.24) is 19.6 Å². The fraction of sp³-hybridized carbons (Fsp3) is 0.789. The Morgan fingerprint density at radius 2 is 1.00 bits per heavy atom. The topological polar surface area (TPSA) is 185 Å². The van der Waals surface area contributed by atoms with Crippen LogP contribution in [0.3, 0.4) is 0 Å². The van der Waals surface area contributed by atoms with E-state index in [0.29, 0.717) is 45.8 Å². The van der Waals surface area contributed by atoms with E-state index in [0.717, 1.165) is 0 Å². The summed E-state index contributed by atoms with van der Waals surface area (Å²) in [4.78, 5) is 54.1. The Kier molecular flexibility index (Phi) is 11.4. The van der Waals surface area contributed by atoms with E-state index in [9.17, 15) is 19.2 Å². The number of hydrogen-bond acceptors (Lipinski definition) is 8. The number of carbonyl (C=O) groups excluding carboxylic acids is 4. The van der Waals surface area contributed by atoms with E-state index in [1.165, 1.54) is 0 Å². The lowest BCUT2D eigenvalue weighted by atomic mass is 10.0. The Labute approximate surface area is 183 Å². The lowest BCUT2D eigenvalue weighted by molar-refractivity contribution is -0.122. The highest BCUT2D eigenvalue weighted by molar-refractivity contribution is 5.77. The number of carbonyl (C=O) groups is 4. The third-order valence-corrected chi connectivity index (χ3v) is 5.35. The third-order valence-electron chi connectivity index (χ3n) is 5.35. The van der Waals surface area contributed by atoms with Gasteiger partial charge in [0.05, 0.1) is 26.2 Å². The highest BCUT2D eigenvalue weighted by Crippen LogP contribution is 2.14. The molecular formula is C19H38N8O4. The van der Waals surface area contributed by atoms with Crippen LogP contribution in [0.5, 0.6) is 0 Å². The largest absolute Gasteiger partial charge is 0.369 e. The second kappa shape index (κ2) is 13.2. The molecule has 1 aliphatic heterocycles. The van der Waals surface area contributed by atoms with E-state index < -0.39 is 23.6 Å². The van der Waals surface area contributed by atoms with Crippen LogP contribution < -0.4 is 22.9 Å². The van der Waals surface area contributed by atoms with Crippen molar-refractivity contribution >= 4 is 23.6 Å². The van der Waals surface area contributed by atoms with E-state index >= 15 is 0 Å². The molecule has 31 heavy (non-hydrogen) atoms. The Morgan fingerprint density at radius 1 is 0.645 bits per heavy atom. The highest BCUT2D eigenvalue weighted by Gasteiger charge is 2.28. The molecule has 1 rings (SSSR count). The molecule has 8 N–H and O–H groups in total. The summed E-state index contributed by atoms with van der Waals surface area (Å²) in [5.41, 5.74) is 21.7. The van der Waals surface area contributed by atoms with Gasteiger partial charge in [0.15, 0.2) is 0 Å². The van der Waals surface area contributed by atoms with Crippen LogP contribution in [0, 0.1) is 5.92 Å². The summed E-state index contributed by atoms with van der Waals surface area (Å²) < 4.78 is 0. The van der Waals surface area contributed by atoms with Crippen molar-refractivity contribution in [1.29, 1.82) is 0 Å². The van der Waals surface area contributed by atoms with Gasteiger partial charge >= 0.3 is 0 Å². The van der Waals surface area contributed by atoms with Gasteiger partial charge in [0.1, 0.15) is 0 Å². The molecule has 4 amide bonds. The van der Waals surface area contributed by atoms with E-state index in [1.807, 2.05) is 33.4 Å². The zero-order chi connectivity index (χ0) is 23.6. The smallest absolute Gasteiger partial charge is 0.231 e. The Bertz CT molecular complexity index is 630. The predicted octanol–water partition coefficient (Wildman–Crippen LogP) is -3.83. The van der Waals surface area contributed by atoms with Crippen molar-refractivity contribution in [3.63, 3.8) is 0 Å². The van der Waals surface area contributed by atoms with Crippen molar-refractivity contribution < 1.29 is 19.2 Å². The average Bonchev–Trinajstić information content (AvgIpc) is 2.61.